The highest BCUT2D eigenvalue weighted by molar-refractivity contribution is 5.68. The van der Waals surface area contributed by atoms with E-state index in [1.165, 1.54) is 12.8 Å². The molecule has 0 aromatic carbocycles. The summed E-state index contributed by atoms with van der Waals surface area (Å²) in [5, 5.41) is 12.6. The zero-order valence-electron chi connectivity index (χ0n) is 10.9. The molecule has 0 amide bonds. The number of carboxylic acids is 1. The molecule has 2 aliphatic rings. The van der Waals surface area contributed by atoms with E-state index in [4.69, 9.17) is 5.11 Å². The fourth-order valence-electron chi connectivity index (χ4n) is 3.15. The molecule has 1 aliphatic heterocycles. The molecule has 98 valence electrons. The molecule has 1 aliphatic carbocycles. The topological polar surface area (TPSA) is 52.6 Å². The van der Waals surface area contributed by atoms with Gasteiger partial charge in [0.2, 0.25) is 0 Å². The number of nitrogens with one attached hydrogen (secondary N) is 1. The average Bonchev–Trinajstić information content (AvgIpc) is 3.02. The Labute approximate surface area is 103 Å². The van der Waals surface area contributed by atoms with Crippen molar-refractivity contribution in [2.24, 2.45) is 0 Å². The van der Waals surface area contributed by atoms with E-state index < -0.39 is 5.97 Å². The van der Waals surface area contributed by atoms with Crippen LogP contribution in [0.2, 0.25) is 0 Å². The number of hydrogen-bond acceptors (Lipinski definition) is 3. The van der Waals surface area contributed by atoms with Gasteiger partial charge in [0.1, 0.15) is 0 Å². The van der Waals surface area contributed by atoms with Crippen molar-refractivity contribution in [2.45, 2.75) is 63.6 Å². The largest absolute Gasteiger partial charge is 0.481 e. The maximum Gasteiger partial charge on any atom is 0.305 e. The molecule has 2 rings (SSSR count). The van der Waals surface area contributed by atoms with Crippen LogP contribution in [0, 0.1) is 0 Å². The third kappa shape index (κ3) is 2.99. The SMILES string of the molecule is CCCNC1(CC(=O)O)CC(C)N(C2CC2)C1. The van der Waals surface area contributed by atoms with Gasteiger partial charge >= 0.3 is 5.97 Å². The van der Waals surface area contributed by atoms with Gasteiger partial charge in [0, 0.05) is 24.2 Å². The fraction of sp³-hybridized carbons (Fsp3) is 0.923. The zero-order chi connectivity index (χ0) is 12.5. The molecular weight excluding hydrogens is 216 g/mol. The van der Waals surface area contributed by atoms with Crippen LogP contribution >= 0.6 is 0 Å². The third-order valence-electron chi connectivity index (χ3n) is 3.99. The van der Waals surface area contributed by atoms with Crippen molar-refractivity contribution in [3.05, 3.63) is 0 Å². The van der Waals surface area contributed by atoms with E-state index in [1.807, 2.05) is 0 Å². The second kappa shape index (κ2) is 4.94. The molecule has 17 heavy (non-hydrogen) atoms. The Hall–Kier alpha value is -0.610. The van der Waals surface area contributed by atoms with Crippen LogP contribution in [0.3, 0.4) is 0 Å². The van der Waals surface area contributed by atoms with Gasteiger partial charge in [0.25, 0.3) is 0 Å². The second-order valence-electron chi connectivity index (χ2n) is 5.73. The molecule has 4 heteroatoms. The minimum atomic E-state index is -0.682. The van der Waals surface area contributed by atoms with Crippen LogP contribution in [0.25, 0.3) is 0 Å². The van der Waals surface area contributed by atoms with Gasteiger partial charge in [0.15, 0.2) is 0 Å². The summed E-state index contributed by atoms with van der Waals surface area (Å²) in [6.07, 6.45) is 4.86. The first kappa shape index (κ1) is 12.8. The molecule has 0 aromatic rings. The minimum absolute atomic E-state index is 0.191. The highest BCUT2D eigenvalue weighted by Crippen LogP contribution is 2.38. The van der Waals surface area contributed by atoms with Crippen LogP contribution in [0.5, 0.6) is 0 Å². The standard InChI is InChI=1S/C13H24N2O2/c1-3-6-14-13(8-12(16)17)7-10(2)15(9-13)11-4-5-11/h10-11,14H,3-9H2,1-2H3,(H,16,17). The molecule has 2 unspecified atom stereocenters. The molecule has 1 saturated carbocycles. The first-order chi connectivity index (χ1) is 8.06. The predicted molar refractivity (Wildman–Crippen MR) is 67.1 cm³/mol. The van der Waals surface area contributed by atoms with E-state index in [2.05, 4.69) is 24.1 Å². The number of nitrogens with zero attached hydrogens (tertiary/aromatic N) is 1. The highest BCUT2D eigenvalue weighted by atomic mass is 16.4. The smallest absolute Gasteiger partial charge is 0.305 e. The molecule has 0 spiro atoms. The van der Waals surface area contributed by atoms with E-state index in [9.17, 15) is 4.79 Å². The highest BCUT2D eigenvalue weighted by Gasteiger charge is 2.47. The summed E-state index contributed by atoms with van der Waals surface area (Å²) in [7, 11) is 0. The van der Waals surface area contributed by atoms with Crippen LogP contribution in [0.4, 0.5) is 0 Å². The van der Waals surface area contributed by atoms with Gasteiger partial charge in [-0.3, -0.25) is 9.69 Å². The lowest BCUT2D eigenvalue weighted by atomic mass is 9.92. The Kier molecular flexibility index (Phi) is 3.73. The number of likely N-dealkylation sites (tertiary alicyclic amines) is 1. The van der Waals surface area contributed by atoms with Crippen molar-refractivity contribution in [1.29, 1.82) is 0 Å². The molecule has 0 radical (unpaired) electrons. The Bertz CT molecular complexity index is 291. The lowest BCUT2D eigenvalue weighted by Gasteiger charge is -2.29. The number of carbonyl (C=O) groups is 1. The summed E-state index contributed by atoms with van der Waals surface area (Å²) < 4.78 is 0. The molecule has 1 heterocycles. The molecule has 2 fully saturated rings. The molecular formula is C13H24N2O2. The lowest BCUT2D eigenvalue weighted by molar-refractivity contribution is -0.138. The van der Waals surface area contributed by atoms with Crippen molar-refractivity contribution >= 4 is 5.97 Å². The minimum Gasteiger partial charge on any atom is -0.481 e. The maximum absolute atomic E-state index is 11.1. The monoisotopic (exact) mass is 240 g/mol. The van der Waals surface area contributed by atoms with Crippen molar-refractivity contribution in [3.63, 3.8) is 0 Å². The van der Waals surface area contributed by atoms with E-state index in [0.717, 1.165) is 32.0 Å². The maximum atomic E-state index is 11.1. The average molecular weight is 240 g/mol. The summed E-state index contributed by atoms with van der Waals surface area (Å²) in [6.45, 7) is 6.18. The van der Waals surface area contributed by atoms with Gasteiger partial charge in [-0.15, -0.1) is 0 Å². The van der Waals surface area contributed by atoms with Crippen molar-refractivity contribution < 1.29 is 9.90 Å². The quantitative estimate of drug-likeness (QED) is 0.738. The van der Waals surface area contributed by atoms with Crippen molar-refractivity contribution in [3.8, 4) is 0 Å². The Morgan fingerprint density at radius 1 is 1.53 bits per heavy atom. The Balaban J connectivity index is 2.02. The number of carboxylic acid groups (broad SMARTS) is 1. The number of aliphatic carboxylic acids is 1. The third-order valence-corrected chi connectivity index (χ3v) is 3.99. The van der Waals surface area contributed by atoms with Gasteiger partial charge in [-0.05, 0) is 39.2 Å². The van der Waals surface area contributed by atoms with Crippen LogP contribution in [0.15, 0.2) is 0 Å². The predicted octanol–water partition coefficient (Wildman–Crippen LogP) is 1.46. The van der Waals surface area contributed by atoms with E-state index in [1.54, 1.807) is 0 Å². The molecule has 1 saturated heterocycles. The van der Waals surface area contributed by atoms with Gasteiger partial charge in [-0.25, -0.2) is 0 Å². The summed E-state index contributed by atoms with van der Waals surface area (Å²) in [4.78, 5) is 13.6. The van der Waals surface area contributed by atoms with Gasteiger partial charge in [-0.2, -0.15) is 0 Å². The molecule has 4 nitrogen and oxygen atoms in total. The lowest BCUT2D eigenvalue weighted by Crippen LogP contribution is -2.49. The zero-order valence-corrected chi connectivity index (χ0v) is 10.9. The molecule has 0 aromatic heterocycles. The summed E-state index contributed by atoms with van der Waals surface area (Å²) >= 11 is 0. The summed E-state index contributed by atoms with van der Waals surface area (Å²) in [5.74, 6) is -0.682. The first-order valence-corrected chi connectivity index (χ1v) is 6.79. The summed E-state index contributed by atoms with van der Waals surface area (Å²) in [6, 6.07) is 1.25. The molecule has 0 bridgehead atoms. The number of hydrogen-bond donors (Lipinski definition) is 2. The van der Waals surface area contributed by atoms with Gasteiger partial charge < -0.3 is 10.4 Å². The second-order valence-corrected chi connectivity index (χ2v) is 5.73. The Morgan fingerprint density at radius 3 is 2.76 bits per heavy atom. The van der Waals surface area contributed by atoms with Crippen LogP contribution in [-0.4, -0.2) is 46.7 Å². The van der Waals surface area contributed by atoms with Crippen LogP contribution < -0.4 is 5.32 Å². The van der Waals surface area contributed by atoms with Crippen molar-refractivity contribution in [1.82, 2.24) is 10.2 Å². The Morgan fingerprint density at radius 2 is 2.24 bits per heavy atom. The van der Waals surface area contributed by atoms with Crippen LogP contribution in [0.1, 0.15) is 46.0 Å². The van der Waals surface area contributed by atoms with E-state index in [-0.39, 0.29) is 12.0 Å². The van der Waals surface area contributed by atoms with Crippen molar-refractivity contribution in [2.75, 3.05) is 13.1 Å². The van der Waals surface area contributed by atoms with E-state index >= 15 is 0 Å². The summed E-state index contributed by atoms with van der Waals surface area (Å²) in [5.41, 5.74) is -0.191. The van der Waals surface area contributed by atoms with Crippen LogP contribution in [-0.2, 0) is 4.79 Å². The molecule has 2 atom stereocenters. The first-order valence-electron chi connectivity index (χ1n) is 6.79. The molecule has 2 N–H and O–H groups in total. The normalized spacial score (nSPS) is 34.1. The van der Waals surface area contributed by atoms with Gasteiger partial charge in [0.05, 0.1) is 6.42 Å². The number of rotatable bonds is 6. The van der Waals surface area contributed by atoms with E-state index in [0.29, 0.717) is 6.04 Å². The fourth-order valence-corrected chi connectivity index (χ4v) is 3.15. The van der Waals surface area contributed by atoms with Gasteiger partial charge in [-0.1, -0.05) is 6.92 Å².